The number of nitrogens with one attached hydrogen (secondary N) is 1. The van der Waals surface area contributed by atoms with Gasteiger partial charge in [-0.2, -0.15) is 0 Å². The Labute approximate surface area is 153 Å². The van der Waals surface area contributed by atoms with Crippen molar-refractivity contribution in [3.05, 3.63) is 57.7 Å². The SMILES string of the molecule is CCCc1cc(Cl)c(Oc2ccc(/C=C/[C@H](C)NC)cn2)c(Cl)c1. The second-order valence-corrected chi connectivity index (χ2v) is 6.42. The zero-order chi connectivity index (χ0) is 17.5. The van der Waals surface area contributed by atoms with Gasteiger partial charge in [0.2, 0.25) is 5.88 Å². The van der Waals surface area contributed by atoms with Crippen LogP contribution < -0.4 is 10.1 Å². The van der Waals surface area contributed by atoms with E-state index in [9.17, 15) is 0 Å². The summed E-state index contributed by atoms with van der Waals surface area (Å²) in [6, 6.07) is 7.83. The van der Waals surface area contributed by atoms with Gasteiger partial charge in [0.25, 0.3) is 0 Å². The standard InChI is InChI=1S/C19H22Cl2N2O/c1-4-5-15-10-16(20)19(17(21)11-15)24-18-9-8-14(12-23-18)7-6-13(2)22-3/h6-13,22H,4-5H2,1-3H3/b7-6+/t13-/m0/s1. The molecule has 5 heteroatoms. The zero-order valence-corrected chi connectivity index (χ0v) is 15.7. The molecule has 1 N–H and O–H groups in total. The predicted octanol–water partition coefficient (Wildman–Crippen LogP) is 5.75. The molecule has 1 aromatic heterocycles. The van der Waals surface area contributed by atoms with Crippen LogP contribution in [0.3, 0.4) is 0 Å². The summed E-state index contributed by atoms with van der Waals surface area (Å²) in [5.74, 6) is 0.902. The van der Waals surface area contributed by atoms with Crippen molar-refractivity contribution in [2.45, 2.75) is 32.7 Å². The van der Waals surface area contributed by atoms with E-state index in [1.165, 1.54) is 0 Å². The summed E-state index contributed by atoms with van der Waals surface area (Å²) in [5.41, 5.74) is 2.10. The molecule has 1 heterocycles. The number of aryl methyl sites for hydroxylation is 1. The molecule has 0 amide bonds. The van der Waals surface area contributed by atoms with Gasteiger partial charge in [-0.15, -0.1) is 0 Å². The Morgan fingerprint density at radius 3 is 2.50 bits per heavy atom. The van der Waals surface area contributed by atoms with Crippen molar-refractivity contribution in [3.8, 4) is 11.6 Å². The molecular formula is C19H22Cl2N2O. The van der Waals surface area contributed by atoms with E-state index in [2.05, 4.69) is 30.2 Å². The number of hydrogen-bond acceptors (Lipinski definition) is 3. The van der Waals surface area contributed by atoms with Gasteiger partial charge in [-0.3, -0.25) is 0 Å². The summed E-state index contributed by atoms with van der Waals surface area (Å²) in [6.07, 6.45) is 7.80. The Hall–Kier alpha value is -1.55. The molecule has 2 aromatic rings. The molecule has 0 radical (unpaired) electrons. The minimum Gasteiger partial charge on any atom is -0.436 e. The summed E-state index contributed by atoms with van der Waals surface area (Å²) >= 11 is 12.6. The topological polar surface area (TPSA) is 34.1 Å². The highest BCUT2D eigenvalue weighted by atomic mass is 35.5. The fourth-order valence-electron chi connectivity index (χ4n) is 2.15. The van der Waals surface area contributed by atoms with Gasteiger partial charge in [-0.1, -0.05) is 48.7 Å². The number of aromatic nitrogens is 1. The lowest BCUT2D eigenvalue weighted by Gasteiger charge is -2.11. The molecule has 24 heavy (non-hydrogen) atoms. The molecule has 2 rings (SSSR count). The number of hydrogen-bond donors (Lipinski definition) is 1. The minimum absolute atomic E-state index is 0.306. The first kappa shape index (κ1) is 18.8. The van der Waals surface area contributed by atoms with E-state index in [4.69, 9.17) is 27.9 Å². The smallest absolute Gasteiger partial charge is 0.219 e. The maximum Gasteiger partial charge on any atom is 0.219 e. The third-order valence-electron chi connectivity index (χ3n) is 3.60. The van der Waals surface area contributed by atoms with Crippen LogP contribution >= 0.6 is 23.2 Å². The molecule has 0 saturated heterocycles. The molecule has 0 spiro atoms. The van der Waals surface area contributed by atoms with E-state index in [0.717, 1.165) is 24.0 Å². The summed E-state index contributed by atoms with van der Waals surface area (Å²) in [6.45, 7) is 4.19. The predicted molar refractivity (Wildman–Crippen MR) is 102 cm³/mol. The van der Waals surface area contributed by atoms with Crippen LogP contribution in [-0.4, -0.2) is 18.1 Å². The number of nitrogens with zero attached hydrogens (tertiary/aromatic N) is 1. The van der Waals surface area contributed by atoms with Crippen LogP contribution in [0.4, 0.5) is 0 Å². The van der Waals surface area contributed by atoms with E-state index >= 15 is 0 Å². The van der Waals surface area contributed by atoms with Crippen LogP contribution in [0.25, 0.3) is 6.08 Å². The average Bonchev–Trinajstić information content (AvgIpc) is 2.57. The Morgan fingerprint density at radius 2 is 1.96 bits per heavy atom. The Morgan fingerprint density at radius 1 is 1.25 bits per heavy atom. The highest BCUT2D eigenvalue weighted by molar-refractivity contribution is 6.37. The maximum absolute atomic E-state index is 6.30. The third-order valence-corrected chi connectivity index (χ3v) is 4.16. The number of rotatable bonds is 7. The van der Waals surface area contributed by atoms with Crippen LogP contribution in [0.5, 0.6) is 11.6 Å². The summed E-state index contributed by atoms with van der Waals surface area (Å²) < 4.78 is 5.76. The molecule has 0 fully saturated rings. The molecule has 0 aliphatic rings. The van der Waals surface area contributed by atoms with Crippen molar-refractivity contribution in [2.75, 3.05) is 7.05 Å². The van der Waals surface area contributed by atoms with Gasteiger partial charge in [-0.05, 0) is 49.7 Å². The van der Waals surface area contributed by atoms with Gasteiger partial charge in [0, 0.05) is 18.3 Å². The Bertz CT molecular complexity index is 676. The average molecular weight is 365 g/mol. The number of benzene rings is 1. The zero-order valence-electron chi connectivity index (χ0n) is 14.1. The van der Waals surface area contributed by atoms with E-state index in [1.54, 1.807) is 12.3 Å². The van der Waals surface area contributed by atoms with E-state index in [0.29, 0.717) is 27.7 Å². The van der Waals surface area contributed by atoms with Gasteiger partial charge in [0.1, 0.15) is 0 Å². The van der Waals surface area contributed by atoms with Crippen molar-refractivity contribution in [2.24, 2.45) is 0 Å². The lowest BCUT2D eigenvalue weighted by atomic mass is 10.1. The van der Waals surface area contributed by atoms with Gasteiger partial charge >= 0.3 is 0 Å². The Kier molecular flexibility index (Phi) is 7.10. The number of likely N-dealkylation sites (N-methyl/N-ethyl adjacent to an activating group) is 1. The number of ether oxygens (including phenoxy) is 1. The first-order chi connectivity index (χ1) is 11.5. The van der Waals surface area contributed by atoms with E-state index < -0.39 is 0 Å². The van der Waals surface area contributed by atoms with Gasteiger partial charge in [-0.25, -0.2) is 4.98 Å². The van der Waals surface area contributed by atoms with Gasteiger partial charge in [0.15, 0.2) is 5.75 Å². The van der Waals surface area contributed by atoms with Crippen LogP contribution in [0.15, 0.2) is 36.5 Å². The molecule has 0 bridgehead atoms. The van der Waals surface area contributed by atoms with Crippen molar-refractivity contribution >= 4 is 29.3 Å². The van der Waals surface area contributed by atoms with Crippen molar-refractivity contribution in [1.29, 1.82) is 0 Å². The largest absolute Gasteiger partial charge is 0.436 e. The molecular weight excluding hydrogens is 343 g/mol. The summed E-state index contributed by atoms with van der Waals surface area (Å²) in [4.78, 5) is 4.31. The van der Waals surface area contributed by atoms with E-state index in [-0.39, 0.29) is 0 Å². The Balaban J connectivity index is 2.13. The van der Waals surface area contributed by atoms with Crippen LogP contribution in [0.1, 0.15) is 31.4 Å². The first-order valence-electron chi connectivity index (χ1n) is 8.00. The summed E-state index contributed by atoms with van der Waals surface area (Å²) in [5, 5.41) is 4.14. The van der Waals surface area contributed by atoms with Crippen LogP contribution in [0.2, 0.25) is 10.0 Å². The molecule has 0 aliphatic carbocycles. The highest BCUT2D eigenvalue weighted by Crippen LogP contribution is 2.37. The van der Waals surface area contributed by atoms with Crippen molar-refractivity contribution in [3.63, 3.8) is 0 Å². The number of pyridine rings is 1. The van der Waals surface area contributed by atoms with Crippen molar-refractivity contribution < 1.29 is 4.74 Å². The molecule has 0 saturated carbocycles. The van der Waals surface area contributed by atoms with E-state index in [1.807, 2.05) is 31.3 Å². The van der Waals surface area contributed by atoms with Crippen molar-refractivity contribution in [1.82, 2.24) is 10.3 Å². The van der Waals surface area contributed by atoms with Gasteiger partial charge in [0.05, 0.1) is 10.0 Å². The van der Waals surface area contributed by atoms with Gasteiger partial charge < -0.3 is 10.1 Å². The molecule has 1 aromatic carbocycles. The summed E-state index contributed by atoms with van der Waals surface area (Å²) in [7, 11) is 1.92. The highest BCUT2D eigenvalue weighted by Gasteiger charge is 2.11. The third kappa shape index (κ3) is 5.23. The second kappa shape index (κ2) is 9.07. The quantitative estimate of drug-likeness (QED) is 0.678. The lowest BCUT2D eigenvalue weighted by molar-refractivity contribution is 0.463. The molecule has 128 valence electrons. The fraction of sp³-hybridized carbons (Fsp3) is 0.316. The van der Waals surface area contributed by atoms with Crippen LogP contribution in [0, 0.1) is 0 Å². The lowest BCUT2D eigenvalue weighted by Crippen LogP contribution is -2.17. The normalized spacial score (nSPS) is 12.5. The molecule has 0 aliphatic heterocycles. The maximum atomic E-state index is 6.30. The molecule has 1 atom stereocenters. The monoisotopic (exact) mass is 364 g/mol. The fourth-order valence-corrected chi connectivity index (χ4v) is 2.76. The first-order valence-corrected chi connectivity index (χ1v) is 8.76. The minimum atomic E-state index is 0.306. The van der Waals surface area contributed by atoms with Crippen LogP contribution in [-0.2, 0) is 6.42 Å². The second-order valence-electron chi connectivity index (χ2n) is 5.61. The number of halogens is 2. The molecule has 0 unspecified atom stereocenters. The molecule has 3 nitrogen and oxygen atoms in total.